The highest BCUT2D eigenvalue weighted by Crippen LogP contribution is 2.26. The molecular formula is C17H32N2O. The number of hydrogen-bond donors (Lipinski definition) is 2. The Balaban J connectivity index is 1.37. The summed E-state index contributed by atoms with van der Waals surface area (Å²) in [4.78, 5) is 2.77. The van der Waals surface area contributed by atoms with Gasteiger partial charge in [0.1, 0.15) is 0 Å². The van der Waals surface area contributed by atoms with E-state index in [2.05, 4.69) is 10.2 Å². The fourth-order valence-corrected chi connectivity index (χ4v) is 4.45. The van der Waals surface area contributed by atoms with Crippen molar-refractivity contribution in [1.82, 2.24) is 10.2 Å². The van der Waals surface area contributed by atoms with Crippen molar-refractivity contribution in [3.8, 4) is 0 Å². The highest BCUT2D eigenvalue weighted by atomic mass is 16.3. The second-order valence-electron chi connectivity index (χ2n) is 7.27. The zero-order valence-corrected chi connectivity index (χ0v) is 12.9. The molecule has 3 heteroatoms. The Hall–Kier alpha value is -0.120. The highest BCUT2D eigenvalue weighted by Gasteiger charge is 2.28. The van der Waals surface area contributed by atoms with Crippen molar-refractivity contribution < 1.29 is 5.11 Å². The average molecular weight is 280 g/mol. The van der Waals surface area contributed by atoms with Gasteiger partial charge in [-0.15, -0.1) is 0 Å². The lowest BCUT2D eigenvalue weighted by atomic mass is 9.90. The number of nitrogens with zero attached hydrogens (tertiary/aromatic N) is 1. The molecule has 0 radical (unpaired) electrons. The maximum absolute atomic E-state index is 9.58. The first-order valence-corrected chi connectivity index (χ1v) is 8.99. The minimum absolute atomic E-state index is 0.0267. The summed E-state index contributed by atoms with van der Waals surface area (Å²) >= 11 is 0. The third-order valence-electron chi connectivity index (χ3n) is 5.79. The van der Waals surface area contributed by atoms with Gasteiger partial charge in [-0.3, -0.25) is 0 Å². The van der Waals surface area contributed by atoms with E-state index in [9.17, 15) is 5.11 Å². The molecule has 3 rings (SSSR count). The van der Waals surface area contributed by atoms with Crippen LogP contribution in [0.2, 0.25) is 0 Å². The lowest BCUT2D eigenvalue weighted by molar-refractivity contribution is 0.0947. The third kappa shape index (κ3) is 3.96. The molecule has 2 saturated carbocycles. The van der Waals surface area contributed by atoms with Crippen LogP contribution in [-0.2, 0) is 0 Å². The van der Waals surface area contributed by atoms with Gasteiger partial charge in [0.05, 0.1) is 6.10 Å². The number of aliphatic hydroxyl groups is 1. The molecule has 0 aromatic rings. The molecule has 0 aromatic heterocycles. The van der Waals surface area contributed by atoms with E-state index in [4.69, 9.17) is 0 Å². The Morgan fingerprint density at radius 2 is 1.30 bits per heavy atom. The molecule has 3 nitrogen and oxygen atoms in total. The second-order valence-corrected chi connectivity index (χ2v) is 7.27. The van der Waals surface area contributed by atoms with Gasteiger partial charge in [-0.05, 0) is 64.5 Å². The first-order valence-electron chi connectivity index (χ1n) is 8.99. The molecule has 2 aliphatic carbocycles. The summed E-state index contributed by atoms with van der Waals surface area (Å²) in [6.07, 6.45) is 14.2. The molecule has 3 aliphatic rings. The van der Waals surface area contributed by atoms with Crippen molar-refractivity contribution in [3.05, 3.63) is 0 Å². The van der Waals surface area contributed by atoms with Gasteiger partial charge in [-0.2, -0.15) is 0 Å². The quantitative estimate of drug-likeness (QED) is 0.834. The monoisotopic (exact) mass is 280 g/mol. The summed E-state index contributed by atoms with van der Waals surface area (Å²) in [6, 6.07) is 2.30. The first kappa shape index (κ1) is 14.8. The van der Waals surface area contributed by atoms with E-state index in [-0.39, 0.29) is 6.10 Å². The fraction of sp³-hybridized carbons (Fsp3) is 1.00. The molecule has 1 aliphatic heterocycles. The minimum Gasteiger partial charge on any atom is -0.393 e. The van der Waals surface area contributed by atoms with Gasteiger partial charge >= 0.3 is 0 Å². The second kappa shape index (κ2) is 7.24. The topological polar surface area (TPSA) is 35.5 Å². The Bertz CT molecular complexity index is 275. The summed E-state index contributed by atoms with van der Waals surface area (Å²) in [5.41, 5.74) is 0. The predicted molar refractivity (Wildman–Crippen MR) is 82.9 cm³/mol. The smallest absolute Gasteiger partial charge is 0.0541 e. The van der Waals surface area contributed by atoms with Crippen molar-refractivity contribution in [2.45, 2.75) is 94.9 Å². The van der Waals surface area contributed by atoms with Crippen molar-refractivity contribution in [3.63, 3.8) is 0 Å². The van der Waals surface area contributed by atoms with E-state index >= 15 is 0 Å². The van der Waals surface area contributed by atoms with Crippen molar-refractivity contribution in [1.29, 1.82) is 0 Å². The van der Waals surface area contributed by atoms with E-state index in [1.165, 1.54) is 70.9 Å². The Morgan fingerprint density at radius 1 is 0.700 bits per heavy atom. The molecule has 2 N–H and O–H groups in total. The fourth-order valence-electron chi connectivity index (χ4n) is 4.45. The Labute approximate surface area is 124 Å². The number of likely N-dealkylation sites (tertiary alicyclic amines) is 1. The highest BCUT2D eigenvalue weighted by molar-refractivity contribution is 4.86. The Kier molecular flexibility index (Phi) is 5.36. The molecule has 1 heterocycles. The number of hydrogen-bond acceptors (Lipinski definition) is 3. The lowest BCUT2D eigenvalue weighted by Crippen LogP contribution is -2.50. The van der Waals surface area contributed by atoms with Gasteiger partial charge in [0.25, 0.3) is 0 Å². The third-order valence-corrected chi connectivity index (χ3v) is 5.79. The Morgan fingerprint density at radius 3 is 1.95 bits per heavy atom. The zero-order valence-electron chi connectivity index (χ0n) is 12.9. The maximum atomic E-state index is 9.58. The number of nitrogens with one attached hydrogen (secondary N) is 1. The van der Waals surface area contributed by atoms with Crippen LogP contribution in [0, 0.1) is 0 Å². The standard InChI is InChI=1S/C17H32N2O/c20-17-8-6-14(7-9-17)18-15-10-12-19(13-11-15)16-4-2-1-3-5-16/h14-18,20H,1-13H2. The molecule has 20 heavy (non-hydrogen) atoms. The molecule has 116 valence electrons. The van der Waals surface area contributed by atoms with Gasteiger partial charge in [-0.1, -0.05) is 19.3 Å². The molecule has 0 atom stereocenters. The molecular weight excluding hydrogens is 248 g/mol. The molecule has 0 aromatic carbocycles. The number of aliphatic hydroxyl groups excluding tert-OH is 1. The van der Waals surface area contributed by atoms with Crippen LogP contribution in [0.25, 0.3) is 0 Å². The largest absolute Gasteiger partial charge is 0.393 e. The van der Waals surface area contributed by atoms with Crippen LogP contribution in [0.5, 0.6) is 0 Å². The van der Waals surface area contributed by atoms with Gasteiger partial charge in [0.2, 0.25) is 0 Å². The summed E-state index contributed by atoms with van der Waals surface area (Å²) in [5.74, 6) is 0. The zero-order chi connectivity index (χ0) is 13.8. The lowest BCUT2D eigenvalue weighted by Gasteiger charge is -2.41. The molecule has 0 bridgehead atoms. The van der Waals surface area contributed by atoms with Crippen LogP contribution < -0.4 is 5.32 Å². The maximum Gasteiger partial charge on any atom is 0.0541 e. The minimum atomic E-state index is -0.0267. The van der Waals surface area contributed by atoms with E-state index in [0.29, 0.717) is 6.04 Å². The van der Waals surface area contributed by atoms with Crippen molar-refractivity contribution in [2.75, 3.05) is 13.1 Å². The molecule has 1 saturated heterocycles. The first-order chi connectivity index (χ1) is 9.81. The van der Waals surface area contributed by atoms with Crippen LogP contribution in [-0.4, -0.2) is 47.3 Å². The van der Waals surface area contributed by atoms with Gasteiger partial charge in [-0.25, -0.2) is 0 Å². The summed E-state index contributed by atoms with van der Waals surface area (Å²) < 4.78 is 0. The van der Waals surface area contributed by atoms with E-state index in [1.807, 2.05) is 0 Å². The van der Waals surface area contributed by atoms with E-state index in [0.717, 1.165) is 24.9 Å². The van der Waals surface area contributed by atoms with Crippen LogP contribution in [0.4, 0.5) is 0 Å². The SMILES string of the molecule is OC1CCC(NC2CCN(C3CCCCC3)CC2)CC1. The van der Waals surface area contributed by atoms with Crippen LogP contribution in [0.1, 0.15) is 70.6 Å². The van der Waals surface area contributed by atoms with Gasteiger partial charge in [0.15, 0.2) is 0 Å². The molecule has 0 amide bonds. The average Bonchev–Trinajstić information content (AvgIpc) is 2.51. The summed E-state index contributed by atoms with van der Waals surface area (Å²) in [5, 5.41) is 13.4. The number of rotatable bonds is 3. The van der Waals surface area contributed by atoms with E-state index in [1.54, 1.807) is 0 Å². The van der Waals surface area contributed by atoms with Crippen LogP contribution >= 0.6 is 0 Å². The summed E-state index contributed by atoms with van der Waals surface area (Å²) in [6.45, 7) is 2.61. The van der Waals surface area contributed by atoms with Gasteiger partial charge < -0.3 is 15.3 Å². The normalized spacial score (nSPS) is 35.2. The summed E-state index contributed by atoms with van der Waals surface area (Å²) in [7, 11) is 0. The van der Waals surface area contributed by atoms with Crippen molar-refractivity contribution in [2.24, 2.45) is 0 Å². The molecule has 0 spiro atoms. The van der Waals surface area contributed by atoms with Gasteiger partial charge in [0, 0.05) is 18.1 Å². The van der Waals surface area contributed by atoms with E-state index < -0.39 is 0 Å². The van der Waals surface area contributed by atoms with Crippen LogP contribution in [0.3, 0.4) is 0 Å². The van der Waals surface area contributed by atoms with Crippen LogP contribution in [0.15, 0.2) is 0 Å². The molecule has 0 unspecified atom stereocenters. The number of piperidine rings is 1. The molecule has 3 fully saturated rings. The van der Waals surface area contributed by atoms with Crippen molar-refractivity contribution >= 4 is 0 Å². The predicted octanol–water partition coefficient (Wildman–Crippen LogP) is 2.68.